The molecule has 1 amide bonds. The van der Waals surface area contributed by atoms with Crippen molar-refractivity contribution in [2.45, 2.75) is 6.54 Å². The minimum absolute atomic E-state index is 0.187. The van der Waals surface area contributed by atoms with E-state index < -0.39 is 12.6 Å². The Bertz CT molecular complexity index is 1100. The van der Waals surface area contributed by atoms with Crippen LogP contribution in [0.25, 0.3) is 6.08 Å². The Hall–Kier alpha value is -3.24. The van der Waals surface area contributed by atoms with Crippen molar-refractivity contribution < 1.29 is 33.6 Å². The number of rotatable bonds is 7. The second-order valence-electron chi connectivity index (χ2n) is 6.55. The zero-order valence-corrected chi connectivity index (χ0v) is 18.0. The maximum absolute atomic E-state index is 12.9. The van der Waals surface area contributed by atoms with Crippen LogP contribution in [0.5, 0.6) is 23.0 Å². The molecule has 0 radical (unpaired) electrons. The van der Waals surface area contributed by atoms with Gasteiger partial charge in [-0.05, 0) is 41.5 Å². The molecule has 0 bridgehead atoms. The number of carboxylic acid groups (broad SMARTS) is 1. The number of thiocarbonyl (C=S) groups is 1. The summed E-state index contributed by atoms with van der Waals surface area (Å²) in [5.41, 5.74) is 1.58. The maximum atomic E-state index is 12.9. The highest BCUT2D eigenvalue weighted by Crippen LogP contribution is 2.37. The molecule has 2 aromatic rings. The summed E-state index contributed by atoms with van der Waals surface area (Å²) in [6.45, 7) is 0.0321. The molecule has 4 rings (SSSR count). The Morgan fingerprint density at radius 1 is 1.23 bits per heavy atom. The standard InChI is InChI=1S/C21H17NO7S2/c1-26-16-6-12(2-4-14(16)27-10-19(23)24)8-18-20(25)22(21(30)31-18)9-13-3-5-15-17(7-13)29-11-28-15/h2-8H,9-11H2,1H3,(H,23,24)/b18-8-. The third-order valence-corrected chi connectivity index (χ3v) is 5.87. The van der Waals surface area contributed by atoms with Crippen LogP contribution in [-0.2, 0) is 16.1 Å². The van der Waals surface area contributed by atoms with Crippen LogP contribution in [0.15, 0.2) is 41.3 Å². The lowest BCUT2D eigenvalue weighted by Crippen LogP contribution is -2.27. The number of ether oxygens (including phenoxy) is 4. The monoisotopic (exact) mass is 459 g/mol. The summed E-state index contributed by atoms with van der Waals surface area (Å²) in [5, 5.41) is 8.77. The Balaban J connectivity index is 1.51. The smallest absolute Gasteiger partial charge is 0.341 e. The van der Waals surface area contributed by atoms with Gasteiger partial charge in [0, 0.05) is 0 Å². The molecule has 2 aromatic carbocycles. The molecule has 0 atom stereocenters. The van der Waals surface area contributed by atoms with Gasteiger partial charge in [0.25, 0.3) is 5.91 Å². The third kappa shape index (κ3) is 4.59. The third-order valence-electron chi connectivity index (χ3n) is 4.49. The van der Waals surface area contributed by atoms with Gasteiger partial charge in [-0.2, -0.15) is 0 Å². The molecule has 1 fully saturated rings. The van der Waals surface area contributed by atoms with Crippen LogP contribution in [-0.4, -0.2) is 46.7 Å². The number of amides is 1. The van der Waals surface area contributed by atoms with E-state index in [4.69, 9.17) is 36.3 Å². The number of carbonyl (C=O) groups excluding carboxylic acids is 1. The minimum atomic E-state index is -1.09. The summed E-state index contributed by atoms with van der Waals surface area (Å²) < 4.78 is 21.6. The van der Waals surface area contributed by atoms with Crippen LogP contribution in [0.3, 0.4) is 0 Å². The van der Waals surface area contributed by atoms with Crippen molar-refractivity contribution in [3.8, 4) is 23.0 Å². The molecule has 0 spiro atoms. The van der Waals surface area contributed by atoms with Crippen molar-refractivity contribution in [2.75, 3.05) is 20.5 Å². The summed E-state index contributed by atoms with van der Waals surface area (Å²) in [6.07, 6.45) is 1.71. The van der Waals surface area contributed by atoms with E-state index in [1.54, 1.807) is 24.3 Å². The highest BCUT2D eigenvalue weighted by Gasteiger charge is 2.32. The summed E-state index contributed by atoms with van der Waals surface area (Å²) in [4.78, 5) is 25.6. The molecule has 0 aliphatic carbocycles. The molecule has 2 aliphatic heterocycles. The number of carbonyl (C=O) groups is 2. The number of methoxy groups -OCH3 is 1. The molecule has 1 N–H and O–H groups in total. The molecule has 0 unspecified atom stereocenters. The number of hydrogen-bond acceptors (Lipinski definition) is 8. The second-order valence-corrected chi connectivity index (χ2v) is 8.22. The largest absolute Gasteiger partial charge is 0.493 e. The summed E-state index contributed by atoms with van der Waals surface area (Å²) in [7, 11) is 1.46. The zero-order chi connectivity index (χ0) is 22.0. The van der Waals surface area contributed by atoms with E-state index in [0.717, 1.165) is 5.56 Å². The lowest BCUT2D eigenvalue weighted by atomic mass is 10.1. The number of thioether (sulfide) groups is 1. The van der Waals surface area contributed by atoms with Gasteiger partial charge in [0.1, 0.15) is 4.32 Å². The number of carboxylic acids is 1. The van der Waals surface area contributed by atoms with Gasteiger partial charge in [0.05, 0.1) is 18.6 Å². The van der Waals surface area contributed by atoms with Crippen molar-refractivity contribution >= 4 is 46.3 Å². The average molecular weight is 460 g/mol. The molecular formula is C21H17NO7S2. The van der Waals surface area contributed by atoms with E-state index in [0.29, 0.717) is 44.3 Å². The molecule has 8 nitrogen and oxygen atoms in total. The number of nitrogens with zero attached hydrogens (tertiary/aromatic N) is 1. The Kier molecular flexibility index (Phi) is 6.01. The fourth-order valence-corrected chi connectivity index (χ4v) is 4.30. The van der Waals surface area contributed by atoms with Crippen LogP contribution < -0.4 is 18.9 Å². The topological polar surface area (TPSA) is 94.5 Å². The summed E-state index contributed by atoms with van der Waals surface area (Å²) in [6, 6.07) is 10.5. The SMILES string of the molecule is COc1cc(/C=C2\SC(=S)N(Cc3ccc4c(c3)OCO4)C2=O)ccc1OCC(=O)O. The lowest BCUT2D eigenvalue weighted by molar-refractivity contribution is -0.139. The second kappa shape index (κ2) is 8.86. The highest BCUT2D eigenvalue weighted by atomic mass is 32.2. The van der Waals surface area contributed by atoms with Crippen molar-refractivity contribution in [2.24, 2.45) is 0 Å². The molecule has 31 heavy (non-hydrogen) atoms. The zero-order valence-electron chi connectivity index (χ0n) is 16.3. The predicted octanol–water partition coefficient (Wildman–Crippen LogP) is 3.29. The fraction of sp³-hybridized carbons (Fsp3) is 0.190. The van der Waals surface area contributed by atoms with Crippen molar-refractivity contribution in [3.63, 3.8) is 0 Å². The predicted molar refractivity (Wildman–Crippen MR) is 117 cm³/mol. The van der Waals surface area contributed by atoms with E-state index >= 15 is 0 Å². The molecule has 160 valence electrons. The van der Waals surface area contributed by atoms with Crippen LogP contribution in [0.2, 0.25) is 0 Å². The van der Waals surface area contributed by atoms with Crippen molar-refractivity contribution in [1.29, 1.82) is 0 Å². The van der Waals surface area contributed by atoms with Gasteiger partial charge in [-0.1, -0.05) is 36.1 Å². The van der Waals surface area contributed by atoms with Gasteiger partial charge in [-0.3, -0.25) is 9.69 Å². The number of hydrogen-bond donors (Lipinski definition) is 1. The Labute approximate surface area is 187 Å². The van der Waals surface area contributed by atoms with Gasteiger partial charge < -0.3 is 24.1 Å². The highest BCUT2D eigenvalue weighted by molar-refractivity contribution is 8.26. The molecule has 10 heteroatoms. The lowest BCUT2D eigenvalue weighted by Gasteiger charge is -2.14. The van der Waals surface area contributed by atoms with E-state index in [1.807, 2.05) is 18.2 Å². The quantitative estimate of drug-likeness (QED) is 0.494. The van der Waals surface area contributed by atoms with Crippen LogP contribution in [0.1, 0.15) is 11.1 Å². The minimum Gasteiger partial charge on any atom is -0.493 e. The number of benzene rings is 2. The van der Waals surface area contributed by atoms with Gasteiger partial charge in [0.15, 0.2) is 29.6 Å². The van der Waals surface area contributed by atoms with Crippen LogP contribution >= 0.6 is 24.0 Å². The number of fused-ring (bicyclic) bond motifs is 1. The van der Waals surface area contributed by atoms with E-state index in [-0.39, 0.29) is 12.7 Å². The van der Waals surface area contributed by atoms with E-state index in [2.05, 4.69) is 0 Å². The van der Waals surface area contributed by atoms with E-state index in [9.17, 15) is 9.59 Å². The first-order valence-electron chi connectivity index (χ1n) is 9.11. The molecule has 1 saturated heterocycles. The number of aliphatic carboxylic acids is 1. The van der Waals surface area contributed by atoms with Gasteiger partial charge >= 0.3 is 5.97 Å². The molecule has 2 aliphatic rings. The van der Waals surface area contributed by atoms with E-state index in [1.165, 1.54) is 23.8 Å². The summed E-state index contributed by atoms with van der Waals surface area (Å²) in [5.74, 6) is 0.716. The molecular weight excluding hydrogens is 442 g/mol. The first-order valence-corrected chi connectivity index (χ1v) is 10.3. The van der Waals surface area contributed by atoms with Gasteiger partial charge in [-0.25, -0.2) is 4.79 Å². The van der Waals surface area contributed by atoms with Gasteiger partial charge in [-0.15, -0.1) is 0 Å². The van der Waals surface area contributed by atoms with Crippen LogP contribution in [0.4, 0.5) is 0 Å². The molecule has 2 heterocycles. The fourth-order valence-electron chi connectivity index (χ4n) is 3.04. The first-order chi connectivity index (χ1) is 14.9. The summed E-state index contributed by atoms with van der Waals surface area (Å²) >= 11 is 6.62. The first kappa shape index (κ1) is 21.0. The molecule has 0 aromatic heterocycles. The maximum Gasteiger partial charge on any atom is 0.341 e. The Morgan fingerprint density at radius 3 is 2.81 bits per heavy atom. The van der Waals surface area contributed by atoms with Gasteiger partial charge in [0.2, 0.25) is 6.79 Å². The van der Waals surface area contributed by atoms with Crippen LogP contribution in [0, 0.1) is 0 Å². The van der Waals surface area contributed by atoms with Crippen molar-refractivity contribution in [3.05, 3.63) is 52.4 Å². The Morgan fingerprint density at radius 2 is 2.03 bits per heavy atom. The molecule has 0 saturated carbocycles. The van der Waals surface area contributed by atoms with Crippen molar-refractivity contribution in [1.82, 2.24) is 4.90 Å². The average Bonchev–Trinajstić information content (AvgIpc) is 3.32. The normalized spacial score (nSPS) is 16.2.